The van der Waals surface area contributed by atoms with E-state index in [-0.39, 0.29) is 31.1 Å². The molecular formula is C11H20N2O4. The largest absolute Gasteiger partial charge is 0.481 e. The summed E-state index contributed by atoms with van der Waals surface area (Å²) in [5.74, 6) is -1.17. The molecule has 1 atom stereocenters. The normalized spacial score (nSPS) is 18.6. The smallest absolute Gasteiger partial charge is 0.305 e. The standard InChI is InChI=1S/C11H20N2O4/c1-8(6-11(15)16)13-10(14)7-17-9-2-4-12-5-3-9/h8-9,12H,2-7H2,1H3,(H,13,14)(H,15,16). The molecule has 1 amide bonds. The second-order valence-corrected chi connectivity index (χ2v) is 4.33. The number of amides is 1. The van der Waals surface area contributed by atoms with Gasteiger partial charge < -0.3 is 20.5 Å². The average Bonchev–Trinajstić information content (AvgIpc) is 2.26. The van der Waals surface area contributed by atoms with E-state index in [0.29, 0.717) is 0 Å². The van der Waals surface area contributed by atoms with E-state index in [2.05, 4.69) is 10.6 Å². The summed E-state index contributed by atoms with van der Waals surface area (Å²) in [6, 6.07) is -0.364. The third kappa shape index (κ3) is 6.23. The van der Waals surface area contributed by atoms with Crippen LogP contribution in [0.1, 0.15) is 26.2 Å². The van der Waals surface area contributed by atoms with Crippen molar-refractivity contribution in [3.8, 4) is 0 Å². The van der Waals surface area contributed by atoms with Crippen LogP contribution < -0.4 is 10.6 Å². The summed E-state index contributed by atoms with van der Waals surface area (Å²) in [5, 5.41) is 14.3. The van der Waals surface area contributed by atoms with E-state index in [1.165, 1.54) is 0 Å². The van der Waals surface area contributed by atoms with Gasteiger partial charge in [-0.25, -0.2) is 0 Å². The summed E-state index contributed by atoms with van der Waals surface area (Å²) in [6.07, 6.45) is 1.89. The molecule has 1 aliphatic heterocycles. The van der Waals surface area contributed by atoms with Crippen molar-refractivity contribution < 1.29 is 19.4 Å². The van der Waals surface area contributed by atoms with Crippen molar-refractivity contribution in [2.45, 2.75) is 38.3 Å². The van der Waals surface area contributed by atoms with Crippen LogP contribution in [-0.4, -0.2) is 48.8 Å². The van der Waals surface area contributed by atoms with Crippen LogP contribution in [0.4, 0.5) is 0 Å². The van der Waals surface area contributed by atoms with Crippen LogP contribution in [0.2, 0.25) is 0 Å². The minimum absolute atomic E-state index is 0.00856. The van der Waals surface area contributed by atoms with Gasteiger partial charge in [-0.15, -0.1) is 0 Å². The molecule has 0 saturated carbocycles. The van der Waals surface area contributed by atoms with E-state index in [1.54, 1.807) is 6.92 Å². The number of aliphatic carboxylic acids is 1. The molecule has 6 nitrogen and oxygen atoms in total. The molecule has 0 spiro atoms. The first-order valence-corrected chi connectivity index (χ1v) is 5.91. The molecule has 98 valence electrons. The number of carbonyl (C=O) groups excluding carboxylic acids is 1. The van der Waals surface area contributed by atoms with Crippen molar-refractivity contribution in [1.29, 1.82) is 0 Å². The molecule has 3 N–H and O–H groups in total. The molecule has 1 rings (SSSR count). The van der Waals surface area contributed by atoms with Gasteiger partial charge in [0.15, 0.2) is 0 Å². The fourth-order valence-electron chi connectivity index (χ4n) is 1.79. The Kier molecular flexibility index (Phi) is 5.93. The van der Waals surface area contributed by atoms with Crippen LogP contribution in [0.15, 0.2) is 0 Å². The topological polar surface area (TPSA) is 87.7 Å². The lowest BCUT2D eigenvalue weighted by Gasteiger charge is -2.23. The van der Waals surface area contributed by atoms with Gasteiger partial charge in [0.2, 0.25) is 5.91 Å². The molecule has 0 aliphatic carbocycles. The Morgan fingerprint density at radius 1 is 1.47 bits per heavy atom. The Bertz CT molecular complexity index is 264. The van der Waals surface area contributed by atoms with Crippen molar-refractivity contribution >= 4 is 11.9 Å². The number of carbonyl (C=O) groups is 2. The molecular weight excluding hydrogens is 224 g/mol. The Morgan fingerprint density at radius 3 is 2.71 bits per heavy atom. The van der Waals surface area contributed by atoms with Gasteiger partial charge in [-0.1, -0.05) is 0 Å². The molecule has 1 heterocycles. The summed E-state index contributed by atoms with van der Waals surface area (Å²) in [5.41, 5.74) is 0. The first-order valence-electron chi connectivity index (χ1n) is 5.91. The van der Waals surface area contributed by atoms with Crippen LogP contribution in [0.3, 0.4) is 0 Å². The summed E-state index contributed by atoms with van der Waals surface area (Å²) < 4.78 is 5.45. The monoisotopic (exact) mass is 244 g/mol. The highest BCUT2D eigenvalue weighted by Crippen LogP contribution is 2.06. The van der Waals surface area contributed by atoms with Crippen LogP contribution >= 0.6 is 0 Å². The van der Waals surface area contributed by atoms with E-state index in [4.69, 9.17) is 9.84 Å². The summed E-state index contributed by atoms with van der Waals surface area (Å²) in [7, 11) is 0. The lowest BCUT2D eigenvalue weighted by atomic mass is 10.1. The van der Waals surface area contributed by atoms with Crippen molar-refractivity contribution in [2.75, 3.05) is 19.7 Å². The van der Waals surface area contributed by atoms with Crippen LogP contribution in [0.25, 0.3) is 0 Å². The Morgan fingerprint density at radius 2 is 2.12 bits per heavy atom. The lowest BCUT2D eigenvalue weighted by Crippen LogP contribution is -2.39. The number of piperidine rings is 1. The zero-order chi connectivity index (χ0) is 12.7. The van der Waals surface area contributed by atoms with E-state index >= 15 is 0 Å². The first-order chi connectivity index (χ1) is 8.08. The van der Waals surface area contributed by atoms with E-state index in [9.17, 15) is 9.59 Å². The minimum atomic E-state index is -0.919. The molecule has 1 aliphatic rings. The van der Waals surface area contributed by atoms with Gasteiger partial charge in [-0.3, -0.25) is 9.59 Å². The number of carboxylic acid groups (broad SMARTS) is 1. The predicted molar refractivity (Wildman–Crippen MR) is 61.7 cm³/mol. The molecule has 0 aromatic heterocycles. The maximum Gasteiger partial charge on any atom is 0.305 e. The summed E-state index contributed by atoms with van der Waals surface area (Å²) >= 11 is 0. The molecule has 0 radical (unpaired) electrons. The van der Waals surface area contributed by atoms with E-state index in [1.807, 2.05) is 0 Å². The van der Waals surface area contributed by atoms with Crippen molar-refractivity contribution in [3.63, 3.8) is 0 Å². The Labute approximate surface area is 101 Å². The number of nitrogens with one attached hydrogen (secondary N) is 2. The fourth-order valence-corrected chi connectivity index (χ4v) is 1.79. The highest BCUT2D eigenvalue weighted by atomic mass is 16.5. The number of hydrogen-bond acceptors (Lipinski definition) is 4. The van der Waals surface area contributed by atoms with Crippen molar-refractivity contribution in [2.24, 2.45) is 0 Å². The Balaban J connectivity index is 2.13. The highest BCUT2D eigenvalue weighted by molar-refractivity contribution is 5.78. The van der Waals surface area contributed by atoms with Gasteiger partial charge in [0.25, 0.3) is 0 Å². The van der Waals surface area contributed by atoms with Gasteiger partial charge in [-0.2, -0.15) is 0 Å². The Hall–Kier alpha value is -1.14. The second kappa shape index (κ2) is 7.24. The number of ether oxygens (including phenoxy) is 1. The highest BCUT2D eigenvalue weighted by Gasteiger charge is 2.16. The zero-order valence-electron chi connectivity index (χ0n) is 10.1. The molecule has 17 heavy (non-hydrogen) atoms. The van der Waals surface area contributed by atoms with E-state index < -0.39 is 5.97 Å². The summed E-state index contributed by atoms with van der Waals surface area (Å²) in [6.45, 7) is 3.51. The van der Waals surface area contributed by atoms with Crippen LogP contribution in [0.5, 0.6) is 0 Å². The third-order valence-corrected chi connectivity index (χ3v) is 2.62. The molecule has 1 unspecified atom stereocenters. The van der Waals surface area contributed by atoms with Crippen molar-refractivity contribution in [3.05, 3.63) is 0 Å². The van der Waals surface area contributed by atoms with Crippen LogP contribution in [-0.2, 0) is 14.3 Å². The SMILES string of the molecule is CC(CC(=O)O)NC(=O)COC1CCNCC1. The molecule has 1 fully saturated rings. The van der Waals surface area contributed by atoms with Gasteiger partial charge in [0, 0.05) is 6.04 Å². The van der Waals surface area contributed by atoms with Gasteiger partial charge >= 0.3 is 5.97 Å². The van der Waals surface area contributed by atoms with Gasteiger partial charge in [-0.05, 0) is 32.9 Å². The molecule has 0 aromatic rings. The fraction of sp³-hybridized carbons (Fsp3) is 0.818. The number of carboxylic acids is 1. The molecule has 6 heteroatoms. The average molecular weight is 244 g/mol. The molecule has 0 bridgehead atoms. The van der Waals surface area contributed by atoms with Crippen LogP contribution in [0, 0.1) is 0 Å². The van der Waals surface area contributed by atoms with Gasteiger partial charge in [0.05, 0.1) is 12.5 Å². The lowest BCUT2D eigenvalue weighted by molar-refractivity contribution is -0.137. The zero-order valence-corrected chi connectivity index (χ0v) is 10.1. The third-order valence-electron chi connectivity index (χ3n) is 2.62. The van der Waals surface area contributed by atoms with Gasteiger partial charge in [0.1, 0.15) is 6.61 Å². The maximum atomic E-state index is 11.4. The molecule has 1 saturated heterocycles. The quantitative estimate of drug-likeness (QED) is 0.599. The second-order valence-electron chi connectivity index (χ2n) is 4.33. The van der Waals surface area contributed by atoms with E-state index in [0.717, 1.165) is 25.9 Å². The predicted octanol–water partition coefficient (Wildman–Crippen LogP) is -0.266. The number of hydrogen-bond donors (Lipinski definition) is 3. The summed E-state index contributed by atoms with van der Waals surface area (Å²) in [4.78, 5) is 21.8. The number of rotatable bonds is 6. The molecule has 0 aromatic carbocycles. The first kappa shape index (κ1) is 13.9. The van der Waals surface area contributed by atoms with Crippen molar-refractivity contribution in [1.82, 2.24) is 10.6 Å². The minimum Gasteiger partial charge on any atom is -0.481 e. The maximum absolute atomic E-state index is 11.4.